The average molecular weight is 266 g/mol. The predicted octanol–water partition coefficient (Wildman–Crippen LogP) is 0.917. The number of aliphatic hydroxyl groups excluding tert-OH is 1. The normalized spacial score (nSPS) is 12.2. The lowest BCUT2D eigenvalue weighted by atomic mass is 10.0. The standard InChI is InChI=1S/C13H18N2O4/c1-8(2)10(5-7-16)15-12(17)11-9(13(18)19)4-3-6-14-11/h3-4,6,8,10,16H,5,7H2,1-2H3,(H,15,17)(H,18,19). The van der Waals surface area contributed by atoms with Crippen LogP contribution in [0.25, 0.3) is 0 Å². The molecule has 6 heteroatoms. The minimum absolute atomic E-state index is 0.0445. The second-order valence-electron chi connectivity index (χ2n) is 4.54. The van der Waals surface area contributed by atoms with Gasteiger partial charge in [-0.05, 0) is 24.5 Å². The van der Waals surface area contributed by atoms with Crippen LogP contribution in [0.1, 0.15) is 41.1 Å². The quantitative estimate of drug-likeness (QED) is 0.711. The number of hydrogen-bond acceptors (Lipinski definition) is 4. The van der Waals surface area contributed by atoms with Crippen LogP contribution in [-0.2, 0) is 0 Å². The summed E-state index contributed by atoms with van der Waals surface area (Å²) in [5, 5.41) is 20.7. The van der Waals surface area contributed by atoms with Crippen molar-refractivity contribution in [2.75, 3.05) is 6.61 Å². The molecule has 1 aromatic heterocycles. The number of nitrogens with one attached hydrogen (secondary N) is 1. The molecule has 0 aliphatic carbocycles. The second kappa shape index (κ2) is 6.84. The highest BCUT2D eigenvalue weighted by Crippen LogP contribution is 2.09. The Balaban J connectivity index is 2.91. The van der Waals surface area contributed by atoms with Crippen molar-refractivity contribution in [3.8, 4) is 0 Å². The van der Waals surface area contributed by atoms with Gasteiger partial charge < -0.3 is 15.5 Å². The summed E-state index contributed by atoms with van der Waals surface area (Å²) in [7, 11) is 0. The fraction of sp³-hybridized carbons (Fsp3) is 0.462. The van der Waals surface area contributed by atoms with Gasteiger partial charge in [0, 0.05) is 18.8 Å². The number of rotatable bonds is 6. The van der Waals surface area contributed by atoms with Gasteiger partial charge in [0.2, 0.25) is 0 Å². The molecule has 1 atom stereocenters. The van der Waals surface area contributed by atoms with E-state index in [1.807, 2.05) is 13.8 Å². The molecule has 0 aliphatic rings. The smallest absolute Gasteiger partial charge is 0.338 e. The van der Waals surface area contributed by atoms with Crippen molar-refractivity contribution in [1.29, 1.82) is 0 Å². The molecule has 0 fully saturated rings. The monoisotopic (exact) mass is 266 g/mol. The summed E-state index contributed by atoms with van der Waals surface area (Å²) in [6, 6.07) is 2.58. The Labute approximate surface area is 111 Å². The van der Waals surface area contributed by atoms with E-state index in [4.69, 9.17) is 10.2 Å². The van der Waals surface area contributed by atoms with E-state index in [0.717, 1.165) is 0 Å². The van der Waals surface area contributed by atoms with Crippen LogP contribution in [-0.4, -0.2) is 39.7 Å². The molecule has 0 spiro atoms. The number of aromatic carboxylic acids is 1. The maximum absolute atomic E-state index is 12.0. The molecule has 1 unspecified atom stereocenters. The Bertz CT molecular complexity index is 460. The number of pyridine rings is 1. The Morgan fingerprint density at radius 2 is 2.11 bits per heavy atom. The first-order valence-electron chi connectivity index (χ1n) is 6.07. The van der Waals surface area contributed by atoms with Crippen LogP contribution in [0, 0.1) is 5.92 Å². The molecule has 1 rings (SSSR count). The Kier molecular flexibility index (Phi) is 5.44. The molecule has 0 radical (unpaired) electrons. The van der Waals surface area contributed by atoms with E-state index in [2.05, 4.69) is 10.3 Å². The number of amides is 1. The molecule has 1 amide bonds. The molecular weight excluding hydrogens is 248 g/mol. The highest BCUT2D eigenvalue weighted by molar-refractivity contribution is 6.03. The average Bonchev–Trinajstić information content (AvgIpc) is 2.37. The van der Waals surface area contributed by atoms with Gasteiger partial charge >= 0.3 is 5.97 Å². The van der Waals surface area contributed by atoms with Crippen LogP contribution in [0.4, 0.5) is 0 Å². The Morgan fingerprint density at radius 1 is 1.42 bits per heavy atom. The zero-order chi connectivity index (χ0) is 14.4. The number of carboxylic acid groups (broad SMARTS) is 1. The summed E-state index contributed by atoms with van der Waals surface area (Å²) < 4.78 is 0. The van der Waals surface area contributed by atoms with Crippen molar-refractivity contribution in [3.63, 3.8) is 0 Å². The molecule has 6 nitrogen and oxygen atoms in total. The molecule has 0 aliphatic heterocycles. The third kappa shape index (κ3) is 4.03. The van der Waals surface area contributed by atoms with Crippen LogP contribution in [0.3, 0.4) is 0 Å². The van der Waals surface area contributed by atoms with Gasteiger partial charge in [0.15, 0.2) is 0 Å². The lowest BCUT2D eigenvalue weighted by molar-refractivity contribution is 0.0688. The molecule has 1 aromatic rings. The SMILES string of the molecule is CC(C)C(CCO)NC(=O)c1ncccc1C(=O)O. The fourth-order valence-electron chi connectivity index (χ4n) is 1.71. The summed E-state index contributed by atoms with van der Waals surface area (Å²) in [4.78, 5) is 26.9. The third-order valence-electron chi connectivity index (χ3n) is 2.81. The lowest BCUT2D eigenvalue weighted by Crippen LogP contribution is -2.40. The maximum atomic E-state index is 12.0. The van der Waals surface area contributed by atoms with E-state index in [1.165, 1.54) is 18.3 Å². The highest BCUT2D eigenvalue weighted by atomic mass is 16.4. The second-order valence-corrected chi connectivity index (χ2v) is 4.54. The molecule has 0 saturated heterocycles. The zero-order valence-corrected chi connectivity index (χ0v) is 11.0. The third-order valence-corrected chi connectivity index (χ3v) is 2.81. The van der Waals surface area contributed by atoms with E-state index < -0.39 is 11.9 Å². The number of carboxylic acids is 1. The van der Waals surface area contributed by atoms with Gasteiger partial charge in [-0.1, -0.05) is 13.8 Å². The molecule has 0 aromatic carbocycles. The first-order chi connectivity index (χ1) is 8.97. The number of aliphatic hydroxyl groups is 1. The minimum atomic E-state index is -1.19. The van der Waals surface area contributed by atoms with E-state index in [-0.39, 0.29) is 29.8 Å². The summed E-state index contributed by atoms with van der Waals surface area (Å²) in [5.41, 5.74) is -0.245. The van der Waals surface area contributed by atoms with Crippen molar-refractivity contribution >= 4 is 11.9 Å². The van der Waals surface area contributed by atoms with Gasteiger partial charge in [0.1, 0.15) is 5.69 Å². The van der Waals surface area contributed by atoms with Crippen LogP contribution < -0.4 is 5.32 Å². The van der Waals surface area contributed by atoms with Crippen LogP contribution in [0.5, 0.6) is 0 Å². The minimum Gasteiger partial charge on any atom is -0.478 e. The maximum Gasteiger partial charge on any atom is 0.338 e. The summed E-state index contributed by atoms with van der Waals surface area (Å²) in [6.07, 6.45) is 1.79. The largest absolute Gasteiger partial charge is 0.478 e. The van der Waals surface area contributed by atoms with Crippen molar-refractivity contribution in [2.45, 2.75) is 26.3 Å². The Hall–Kier alpha value is -1.95. The van der Waals surface area contributed by atoms with Gasteiger partial charge in [-0.2, -0.15) is 0 Å². The van der Waals surface area contributed by atoms with E-state index in [9.17, 15) is 9.59 Å². The fourth-order valence-corrected chi connectivity index (χ4v) is 1.71. The topological polar surface area (TPSA) is 99.5 Å². The van der Waals surface area contributed by atoms with E-state index >= 15 is 0 Å². The molecule has 1 heterocycles. The van der Waals surface area contributed by atoms with Gasteiger partial charge in [-0.25, -0.2) is 4.79 Å². The number of carbonyl (C=O) groups is 2. The summed E-state index contributed by atoms with van der Waals surface area (Å²) in [6.45, 7) is 3.78. The molecule has 0 bridgehead atoms. The van der Waals surface area contributed by atoms with Crippen LogP contribution in [0.15, 0.2) is 18.3 Å². The van der Waals surface area contributed by atoms with Crippen molar-refractivity contribution in [3.05, 3.63) is 29.6 Å². The Morgan fingerprint density at radius 3 is 2.63 bits per heavy atom. The summed E-state index contributed by atoms with van der Waals surface area (Å²) >= 11 is 0. The number of nitrogens with zero attached hydrogens (tertiary/aromatic N) is 1. The predicted molar refractivity (Wildman–Crippen MR) is 69.0 cm³/mol. The highest BCUT2D eigenvalue weighted by Gasteiger charge is 2.21. The molecular formula is C13H18N2O4. The number of hydrogen-bond donors (Lipinski definition) is 3. The van der Waals surface area contributed by atoms with Crippen molar-refractivity contribution in [2.24, 2.45) is 5.92 Å². The number of aromatic nitrogens is 1. The van der Waals surface area contributed by atoms with Gasteiger partial charge in [0.25, 0.3) is 5.91 Å². The zero-order valence-electron chi connectivity index (χ0n) is 11.0. The molecule has 104 valence electrons. The van der Waals surface area contributed by atoms with Gasteiger partial charge in [-0.15, -0.1) is 0 Å². The van der Waals surface area contributed by atoms with E-state index in [1.54, 1.807) is 0 Å². The first-order valence-corrected chi connectivity index (χ1v) is 6.07. The van der Waals surface area contributed by atoms with Gasteiger partial charge in [-0.3, -0.25) is 9.78 Å². The van der Waals surface area contributed by atoms with Crippen molar-refractivity contribution in [1.82, 2.24) is 10.3 Å². The molecule has 3 N–H and O–H groups in total. The lowest BCUT2D eigenvalue weighted by Gasteiger charge is -2.21. The van der Waals surface area contributed by atoms with E-state index in [0.29, 0.717) is 6.42 Å². The van der Waals surface area contributed by atoms with Crippen LogP contribution >= 0.6 is 0 Å². The van der Waals surface area contributed by atoms with Crippen LogP contribution in [0.2, 0.25) is 0 Å². The first kappa shape index (κ1) is 15.1. The molecule has 19 heavy (non-hydrogen) atoms. The number of carbonyl (C=O) groups excluding carboxylic acids is 1. The molecule has 0 saturated carbocycles. The van der Waals surface area contributed by atoms with Crippen molar-refractivity contribution < 1.29 is 19.8 Å². The van der Waals surface area contributed by atoms with Gasteiger partial charge in [0.05, 0.1) is 5.56 Å². The summed E-state index contributed by atoms with van der Waals surface area (Å²) in [5.74, 6) is -1.60.